The summed E-state index contributed by atoms with van der Waals surface area (Å²) in [6.07, 6.45) is 4.50. The van der Waals surface area contributed by atoms with Crippen LogP contribution in [0.5, 0.6) is 0 Å². The van der Waals surface area contributed by atoms with Gasteiger partial charge in [0.05, 0.1) is 6.04 Å². The number of amides is 4. The first kappa shape index (κ1) is 19.2. The minimum atomic E-state index is -0.353. The zero-order valence-electron chi connectivity index (χ0n) is 15.9. The number of nitrogens with one attached hydrogen (secondary N) is 2. The van der Waals surface area contributed by atoms with E-state index in [1.165, 1.54) is 6.42 Å². The fourth-order valence-corrected chi connectivity index (χ4v) is 3.72. The molecular formula is C20H28N4O3. The van der Waals surface area contributed by atoms with Gasteiger partial charge in [0.15, 0.2) is 0 Å². The van der Waals surface area contributed by atoms with Gasteiger partial charge < -0.3 is 20.4 Å². The van der Waals surface area contributed by atoms with Crippen LogP contribution in [0.15, 0.2) is 24.3 Å². The van der Waals surface area contributed by atoms with E-state index in [9.17, 15) is 14.4 Å². The molecule has 27 heavy (non-hydrogen) atoms. The van der Waals surface area contributed by atoms with Crippen molar-refractivity contribution in [1.82, 2.24) is 15.1 Å². The zero-order valence-corrected chi connectivity index (χ0v) is 15.9. The van der Waals surface area contributed by atoms with Crippen molar-refractivity contribution in [1.29, 1.82) is 0 Å². The Morgan fingerprint density at radius 1 is 1.19 bits per heavy atom. The largest absolute Gasteiger partial charge is 0.341 e. The molecular weight excluding hydrogens is 344 g/mol. The van der Waals surface area contributed by atoms with E-state index in [0.717, 1.165) is 38.9 Å². The summed E-state index contributed by atoms with van der Waals surface area (Å²) < 4.78 is 0. The highest BCUT2D eigenvalue weighted by atomic mass is 16.2. The standard InChI is InChI=1S/C20H28N4O3/c1-2-9-24-14-17(13-18(24)25)22-20(27)21-16-8-6-7-15(12-16)19(26)23-10-4-3-5-11-23/h6-8,12,17H,2-5,9-11,13-14H2,1H3,(H2,21,22,27)/t17-/m0/s1. The number of carbonyl (C=O) groups is 3. The highest BCUT2D eigenvalue weighted by Gasteiger charge is 2.29. The molecule has 2 aliphatic heterocycles. The number of urea groups is 1. The summed E-state index contributed by atoms with van der Waals surface area (Å²) in [4.78, 5) is 40.4. The molecule has 0 saturated carbocycles. The average molecular weight is 372 g/mol. The van der Waals surface area contributed by atoms with Crippen LogP contribution in [0.4, 0.5) is 10.5 Å². The van der Waals surface area contributed by atoms with E-state index < -0.39 is 0 Å². The topological polar surface area (TPSA) is 81.8 Å². The first-order chi connectivity index (χ1) is 13.1. The van der Waals surface area contributed by atoms with Gasteiger partial charge in [-0.05, 0) is 43.9 Å². The van der Waals surface area contributed by atoms with Crippen molar-refractivity contribution in [3.63, 3.8) is 0 Å². The Hall–Kier alpha value is -2.57. The molecule has 0 bridgehead atoms. The molecule has 7 heteroatoms. The first-order valence-corrected chi connectivity index (χ1v) is 9.81. The summed E-state index contributed by atoms with van der Waals surface area (Å²) >= 11 is 0. The molecule has 0 unspecified atom stereocenters. The summed E-state index contributed by atoms with van der Waals surface area (Å²) in [6.45, 7) is 4.88. The van der Waals surface area contributed by atoms with E-state index in [0.29, 0.717) is 24.2 Å². The summed E-state index contributed by atoms with van der Waals surface area (Å²) in [6, 6.07) is 6.48. The molecule has 0 radical (unpaired) electrons. The fraction of sp³-hybridized carbons (Fsp3) is 0.550. The first-order valence-electron chi connectivity index (χ1n) is 9.81. The summed E-state index contributed by atoms with van der Waals surface area (Å²) in [7, 11) is 0. The highest BCUT2D eigenvalue weighted by Crippen LogP contribution is 2.17. The number of piperidine rings is 1. The number of benzene rings is 1. The molecule has 7 nitrogen and oxygen atoms in total. The van der Waals surface area contributed by atoms with Crippen LogP contribution in [0.25, 0.3) is 0 Å². The lowest BCUT2D eigenvalue weighted by Crippen LogP contribution is -2.39. The van der Waals surface area contributed by atoms with Crippen LogP contribution in [-0.2, 0) is 4.79 Å². The summed E-state index contributed by atoms with van der Waals surface area (Å²) in [5.41, 5.74) is 1.16. The molecule has 2 aliphatic rings. The molecule has 2 fully saturated rings. The smallest absolute Gasteiger partial charge is 0.319 e. The molecule has 2 N–H and O–H groups in total. The van der Waals surface area contributed by atoms with E-state index in [1.54, 1.807) is 29.2 Å². The Bertz CT molecular complexity index is 700. The molecule has 146 valence electrons. The van der Waals surface area contributed by atoms with Crippen molar-refractivity contribution in [2.45, 2.75) is 45.1 Å². The third-order valence-corrected chi connectivity index (χ3v) is 5.05. The minimum Gasteiger partial charge on any atom is -0.341 e. The van der Waals surface area contributed by atoms with Crippen LogP contribution >= 0.6 is 0 Å². The van der Waals surface area contributed by atoms with Gasteiger partial charge in [0.1, 0.15) is 0 Å². The molecule has 3 rings (SSSR count). The number of carbonyl (C=O) groups excluding carboxylic acids is 3. The van der Waals surface area contributed by atoms with Crippen molar-refractivity contribution in [3.8, 4) is 0 Å². The van der Waals surface area contributed by atoms with Gasteiger partial charge in [-0.25, -0.2) is 4.79 Å². The maximum absolute atomic E-state index is 12.6. The molecule has 0 aromatic heterocycles. The zero-order chi connectivity index (χ0) is 19.2. The number of nitrogens with zero attached hydrogens (tertiary/aromatic N) is 2. The molecule has 0 aliphatic carbocycles. The van der Waals surface area contributed by atoms with E-state index in [2.05, 4.69) is 10.6 Å². The van der Waals surface area contributed by atoms with E-state index in [1.807, 2.05) is 11.8 Å². The van der Waals surface area contributed by atoms with Gasteiger partial charge in [0.25, 0.3) is 5.91 Å². The van der Waals surface area contributed by atoms with Crippen molar-refractivity contribution in [2.75, 3.05) is 31.5 Å². The molecule has 1 aromatic carbocycles. The minimum absolute atomic E-state index is 0.00959. The molecule has 4 amide bonds. The number of rotatable bonds is 5. The van der Waals surface area contributed by atoms with Crippen molar-refractivity contribution in [2.24, 2.45) is 0 Å². The van der Waals surface area contributed by atoms with E-state index in [-0.39, 0.29) is 23.9 Å². The van der Waals surface area contributed by atoms with E-state index in [4.69, 9.17) is 0 Å². The maximum Gasteiger partial charge on any atom is 0.319 e. The monoisotopic (exact) mass is 372 g/mol. The lowest BCUT2D eigenvalue weighted by Gasteiger charge is -2.26. The lowest BCUT2D eigenvalue weighted by molar-refractivity contribution is -0.127. The summed E-state index contributed by atoms with van der Waals surface area (Å²) in [5.74, 6) is 0.0895. The van der Waals surface area contributed by atoms with Crippen LogP contribution < -0.4 is 10.6 Å². The molecule has 1 aromatic rings. The molecule has 0 spiro atoms. The number of anilines is 1. The van der Waals surface area contributed by atoms with Crippen LogP contribution in [0.2, 0.25) is 0 Å². The Morgan fingerprint density at radius 3 is 2.70 bits per heavy atom. The van der Waals surface area contributed by atoms with Gasteiger partial charge in [-0.3, -0.25) is 9.59 Å². The van der Waals surface area contributed by atoms with E-state index >= 15 is 0 Å². The Morgan fingerprint density at radius 2 is 1.96 bits per heavy atom. The third kappa shape index (κ3) is 4.99. The predicted octanol–water partition coefficient (Wildman–Crippen LogP) is 2.45. The Kier molecular flexibility index (Phi) is 6.32. The van der Waals surface area contributed by atoms with Gasteiger partial charge >= 0.3 is 6.03 Å². The van der Waals surface area contributed by atoms with Crippen LogP contribution in [0.1, 0.15) is 49.4 Å². The molecule has 1 atom stereocenters. The maximum atomic E-state index is 12.6. The number of hydrogen-bond donors (Lipinski definition) is 2. The summed E-state index contributed by atoms with van der Waals surface area (Å²) in [5, 5.41) is 5.63. The Balaban J connectivity index is 1.55. The van der Waals surface area contributed by atoms with Crippen molar-refractivity contribution in [3.05, 3.63) is 29.8 Å². The quantitative estimate of drug-likeness (QED) is 0.833. The van der Waals surface area contributed by atoms with Crippen LogP contribution in [0, 0.1) is 0 Å². The van der Waals surface area contributed by atoms with Gasteiger partial charge in [-0.1, -0.05) is 13.0 Å². The van der Waals surface area contributed by atoms with Crippen LogP contribution in [0.3, 0.4) is 0 Å². The van der Waals surface area contributed by atoms with Crippen molar-refractivity contribution < 1.29 is 14.4 Å². The Labute approximate surface area is 160 Å². The highest BCUT2D eigenvalue weighted by molar-refractivity contribution is 5.97. The van der Waals surface area contributed by atoms with Gasteiger partial charge in [-0.15, -0.1) is 0 Å². The SMILES string of the molecule is CCCN1C[C@@H](NC(=O)Nc2cccc(C(=O)N3CCCCC3)c2)CC1=O. The molecule has 2 saturated heterocycles. The normalized spacial score (nSPS) is 19.9. The second-order valence-electron chi connectivity index (χ2n) is 7.27. The van der Waals surface area contributed by atoms with Crippen LogP contribution in [-0.4, -0.2) is 59.9 Å². The van der Waals surface area contributed by atoms with Crippen molar-refractivity contribution >= 4 is 23.5 Å². The third-order valence-electron chi connectivity index (χ3n) is 5.05. The van der Waals surface area contributed by atoms with Gasteiger partial charge in [-0.2, -0.15) is 0 Å². The fourth-order valence-electron chi connectivity index (χ4n) is 3.72. The van der Waals surface area contributed by atoms with Gasteiger partial charge in [0.2, 0.25) is 5.91 Å². The lowest BCUT2D eigenvalue weighted by atomic mass is 10.1. The second kappa shape index (κ2) is 8.88. The number of likely N-dealkylation sites (tertiary alicyclic amines) is 2. The average Bonchev–Trinajstić information content (AvgIpc) is 3.01. The number of hydrogen-bond acceptors (Lipinski definition) is 3. The van der Waals surface area contributed by atoms with Gasteiger partial charge in [0, 0.05) is 43.9 Å². The predicted molar refractivity (Wildman–Crippen MR) is 104 cm³/mol. The second-order valence-corrected chi connectivity index (χ2v) is 7.27. The molecule has 2 heterocycles.